The molecule has 0 aliphatic carbocycles. The average Bonchev–Trinajstić information content (AvgIpc) is 2.78. The number of carbonyl (C=O) groups is 1. The Morgan fingerprint density at radius 3 is 2.45 bits per heavy atom. The Labute approximate surface area is 120 Å². The molecule has 3 heteroatoms. The van der Waals surface area contributed by atoms with Gasteiger partial charge in [-0.2, -0.15) is 0 Å². The second kappa shape index (κ2) is 6.53. The third kappa shape index (κ3) is 3.58. The number of nitrogens with zero attached hydrogens (tertiary/aromatic N) is 1. The molecule has 0 unspecified atom stereocenters. The number of rotatable bonds is 6. The number of likely N-dealkylation sites (N-methyl/N-ethyl adjacent to an activating group) is 1. The predicted molar refractivity (Wildman–Crippen MR) is 82.0 cm³/mol. The molecule has 0 amide bonds. The monoisotopic (exact) mass is 270 g/mol. The normalized spacial score (nSPS) is 11.0. The van der Waals surface area contributed by atoms with Crippen LogP contribution in [0.3, 0.4) is 0 Å². The Hall–Kier alpha value is -1.87. The van der Waals surface area contributed by atoms with Crippen molar-refractivity contribution in [1.29, 1.82) is 0 Å². The summed E-state index contributed by atoms with van der Waals surface area (Å²) >= 11 is 0. The number of benzene rings is 1. The number of nitrogens with one attached hydrogen (secondary N) is 1. The van der Waals surface area contributed by atoms with Crippen LogP contribution in [0.4, 0.5) is 0 Å². The summed E-state index contributed by atoms with van der Waals surface area (Å²) in [5, 5.41) is 0. The van der Waals surface area contributed by atoms with Crippen LogP contribution in [0.25, 0.3) is 0 Å². The smallest absolute Gasteiger partial charge is 0.178 e. The Balaban J connectivity index is 2.03. The third-order valence-corrected chi connectivity index (χ3v) is 3.51. The van der Waals surface area contributed by atoms with Crippen molar-refractivity contribution in [2.45, 2.75) is 27.3 Å². The van der Waals surface area contributed by atoms with Crippen LogP contribution in [-0.4, -0.2) is 28.8 Å². The lowest BCUT2D eigenvalue weighted by atomic mass is 10.1. The molecule has 0 aliphatic rings. The third-order valence-electron chi connectivity index (χ3n) is 3.51. The van der Waals surface area contributed by atoms with E-state index < -0.39 is 0 Å². The van der Waals surface area contributed by atoms with Gasteiger partial charge in [0.15, 0.2) is 5.78 Å². The first-order valence-corrected chi connectivity index (χ1v) is 7.06. The van der Waals surface area contributed by atoms with E-state index in [1.54, 1.807) is 0 Å². The Kier molecular flexibility index (Phi) is 4.74. The molecule has 0 atom stereocenters. The number of Topliss-reactive ketones (excluding diaryl/α,β-unsaturated/α-hetero) is 1. The van der Waals surface area contributed by atoms with Gasteiger partial charge in [0.05, 0.1) is 6.54 Å². The van der Waals surface area contributed by atoms with E-state index in [1.165, 1.54) is 5.56 Å². The van der Waals surface area contributed by atoms with Gasteiger partial charge in [0.1, 0.15) is 0 Å². The molecule has 0 radical (unpaired) electrons. The van der Waals surface area contributed by atoms with E-state index >= 15 is 0 Å². The average molecular weight is 270 g/mol. The maximum Gasteiger partial charge on any atom is 0.178 e. The molecule has 3 nitrogen and oxygen atoms in total. The summed E-state index contributed by atoms with van der Waals surface area (Å²) in [5.74, 6) is 0.185. The number of carbonyl (C=O) groups excluding carboxylic acids is 1. The Morgan fingerprint density at radius 1 is 1.20 bits per heavy atom. The van der Waals surface area contributed by atoms with Crippen molar-refractivity contribution in [2.24, 2.45) is 0 Å². The summed E-state index contributed by atoms with van der Waals surface area (Å²) in [7, 11) is 0. The van der Waals surface area contributed by atoms with Crippen LogP contribution < -0.4 is 0 Å². The zero-order valence-electron chi connectivity index (χ0n) is 12.4. The molecule has 1 N–H and O–H groups in total. The molecule has 20 heavy (non-hydrogen) atoms. The zero-order valence-corrected chi connectivity index (χ0v) is 12.4. The summed E-state index contributed by atoms with van der Waals surface area (Å²) in [6, 6.07) is 12.2. The van der Waals surface area contributed by atoms with Gasteiger partial charge in [-0.3, -0.25) is 9.69 Å². The van der Waals surface area contributed by atoms with Gasteiger partial charge in [0.2, 0.25) is 0 Å². The van der Waals surface area contributed by atoms with Gasteiger partial charge in [-0.05, 0) is 32.0 Å². The van der Waals surface area contributed by atoms with E-state index in [2.05, 4.69) is 28.9 Å². The second-order valence-corrected chi connectivity index (χ2v) is 5.20. The van der Waals surface area contributed by atoms with E-state index in [0.717, 1.165) is 30.0 Å². The van der Waals surface area contributed by atoms with Crippen molar-refractivity contribution >= 4 is 5.78 Å². The van der Waals surface area contributed by atoms with Gasteiger partial charge in [-0.25, -0.2) is 0 Å². The largest absolute Gasteiger partial charge is 0.362 e. The van der Waals surface area contributed by atoms with Crippen LogP contribution in [0.5, 0.6) is 0 Å². The molecular weight excluding hydrogens is 248 g/mol. The van der Waals surface area contributed by atoms with E-state index in [9.17, 15) is 4.79 Å². The van der Waals surface area contributed by atoms with Crippen molar-refractivity contribution in [2.75, 3.05) is 13.1 Å². The summed E-state index contributed by atoms with van der Waals surface area (Å²) < 4.78 is 0. The molecule has 0 fully saturated rings. The minimum absolute atomic E-state index is 0.185. The van der Waals surface area contributed by atoms with Crippen LogP contribution >= 0.6 is 0 Å². The van der Waals surface area contributed by atoms with Crippen LogP contribution in [0.2, 0.25) is 0 Å². The van der Waals surface area contributed by atoms with Crippen LogP contribution in [0, 0.1) is 13.8 Å². The van der Waals surface area contributed by atoms with Crippen LogP contribution in [0.1, 0.15) is 34.2 Å². The lowest BCUT2D eigenvalue weighted by molar-refractivity contribution is 0.0929. The predicted octanol–water partition coefficient (Wildman–Crippen LogP) is 3.34. The molecule has 106 valence electrons. The van der Waals surface area contributed by atoms with E-state index in [-0.39, 0.29) is 5.78 Å². The Bertz CT molecular complexity index is 572. The number of ketones is 1. The van der Waals surface area contributed by atoms with Crippen molar-refractivity contribution < 1.29 is 4.79 Å². The van der Waals surface area contributed by atoms with Crippen molar-refractivity contribution in [3.8, 4) is 0 Å². The second-order valence-electron chi connectivity index (χ2n) is 5.20. The van der Waals surface area contributed by atoms with Gasteiger partial charge < -0.3 is 4.98 Å². The molecule has 1 aromatic carbocycles. The summed E-state index contributed by atoms with van der Waals surface area (Å²) in [4.78, 5) is 17.7. The molecule has 0 bridgehead atoms. The molecule has 0 aliphatic heterocycles. The van der Waals surface area contributed by atoms with Crippen LogP contribution in [-0.2, 0) is 6.54 Å². The van der Waals surface area contributed by atoms with E-state index in [0.29, 0.717) is 6.54 Å². The Morgan fingerprint density at radius 2 is 1.90 bits per heavy atom. The first-order chi connectivity index (χ1) is 9.60. The maximum atomic E-state index is 12.4. The SMILES string of the molecule is CCN(CC(=O)c1cc(C)[nH]c1C)Cc1ccccc1. The highest BCUT2D eigenvalue weighted by atomic mass is 16.1. The fourth-order valence-corrected chi connectivity index (χ4v) is 2.42. The summed E-state index contributed by atoms with van der Waals surface area (Å²) in [6.45, 7) is 8.16. The van der Waals surface area contributed by atoms with E-state index in [4.69, 9.17) is 0 Å². The fourth-order valence-electron chi connectivity index (χ4n) is 2.42. The number of hydrogen-bond acceptors (Lipinski definition) is 2. The number of hydrogen-bond donors (Lipinski definition) is 1. The first-order valence-electron chi connectivity index (χ1n) is 7.06. The standard InChI is InChI=1S/C17H22N2O/c1-4-19(11-15-8-6-5-7-9-15)12-17(20)16-10-13(2)18-14(16)3/h5-10,18H,4,11-12H2,1-3H3. The molecule has 1 aromatic heterocycles. The molecule has 1 heterocycles. The van der Waals surface area contributed by atoms with Gasteiger partial charge in [0.25, 0.3) is 0 Å². The molecule has 2 aromatic rings. The van der Waals surface area contributed by atoms with Gasteiger partial charge in [-0.1, -0.05) is 37.3 Å². The number of aromatic nitrogens is 1. The first kappa shape index (κ1) is 14.5. The van der Waals surface area contributed by atoms with Gasteiger partial charge in [0, 0.05) is 23.5 Å². The highest BCUT2D eigenvalue weighted by Gasteiger charge is 2.15. The fraction of sp³-hybridized carbons (Fsp3) is 0.353. The highest BCUT2D eigenvalue weighted by Crippen LogP contribution is 2.12. The molecule has 2 rings (SSSR count). The zero-order chi connectivity index (χ0) is 14.5. The molecule has 0 spiro atoms. The number of aromatic amines is 1. The van der Waals surface area contributed by atoms with Crippen molar-refractivity contribution in [3.63, 3.8) is 0 Å². The van der Waals surface area contributed by atoms with Crippen molar-refractivity contribution in [3.05, 3.63) is 58.9 Å². The van der Waals surface area contributed by atoms with Crippen LogP contribution in [0.15, 0.2) is 36.4 Å². The summed E-state index contributed by atoms with van der Waals surface area (Å²) in [5.41, 5.74) is 4.05. The minimum Gasteiger partial charge on any atom is -0.362 e. The number of aryl methyl sites for hydroxylation is 2. The topological polar surface area (TPSA) is 36.1 Å². The van der Waals surface area contributed by atoms with Gasteiger partial charge >= 0.3 is 0 Å². The maximum absolute atomic E-state index is 12.4. The lowest BCUT2D eigenvalue weighted by Gasteiger charge is -2.19. The van der Waals surface area contributed by atoms with E-state index in [1.807, 2.05) is 38.1 Å². The van der Waals surface area contributed by atoms with Gasteiger partial charge in [-0.15, -0.1) is 0 Å². The number of H-pyrrole nitrogens is 1. The quantitative estimate of drug-likeness (QED) is 0.817. The van der Waals surface area contributed by atoms with Crippen molar-refractivity contribution in [1.82, 2.24) is 9.88 Å². The summed E-state index contributed by atoms with van der Waals surface area (Å²) in [6.07, 6.45) is 0. The molecule has 0 saturated heterocycles. The minimum atomic E-state index is 0.185. The highest BCUT2D eigenvalue weighted by molar-refractivity contribution is 5.98. The lowest BCUT2D eigenvalue weighted by Crippen LogP contribution is -2.29. The molecule has 0 saturated carbocycles. The molecular formula is C17H22N2O.